The molecule has 1 aromatic rings. The van der Waals surface area contributed by atoms with E-state index in [1.54, 1.807) is 6.07 Å². The second-order valence-corrected chi connectivity index (χ2v) is 4.96. The highest BCUT2D eigenvalue weighted by molar-refractivity contribution is 5.81. The molecule has 2 N–H and O–H groups in total. The van der Waals surface area contributed by atoms with Gasteiger partial charge in [-0.25, -0.2) is 4.39 Å². The summed E-state index contributed by atoms with van der Waals surface area (Å²) >= 11 is 0. The maximum Gasteiger partial charge on any atom is 0.237 e. The quantitative estimate of drug-likeness (QED) is 0.838. The Labute approximate surface area is 107 Å². The van der Waals surface area contributed by atoms with Crippen molar-refractivity contribution in [3.05, 3.63) is 35.1 Å². The van der Waals surface area contributed by atoms with Crippen LogP contribution in [-0.4, -0.2) is 18.0 Å². The average molecular weight is 250 g/mol. The van der Waals surface area contributed by atoms with E-state index in [1.165, 1.54) is 12.1 Å². The van der Waals surface area contributed by atoms with E-state index < -0.39 is 0 Å². The highest BCUT2D eigenvalue weighted by Crippen LogP contribution is 2.18. The van der Waals surface area contributed by atoms with Crippen LogP contribution < -0.4 is 10.6 Å². The number of carbonyl (C=O) groups excluding carboxylic acids is 1. The second-order valence-electron chi connectivity index (χ2n) is 4.96. The molecule has 1 aromatic carbocycles. The highest BCUT2D eigenvalue weighted by Gasteiger charge is 2.25. The van der Waals surface area contributed by atoms with Gasteiger partial charge in [-0.1, -0.05) is 6.07 Å². The molecule has 0 saturated heterocycles. The summed E-state index contributed by atoms with van der Waals surface area (Å²) < 4.78 is 13.1. The van der Waals surface area contributed by atoms with Gasteiger partial charge in [0.15, 0.2) is 0 Å². The Morgan fingerprint density at radius 2 is 2.22 bits per heavy atom. The Kier molecular flexibility index (Phi) is 3.97. The molecule has 0 spiro atoms. The Morgan fingerprint density at radius 1 is 1.50 bits per heavy atom. The van der Waals surface area contributed by atoms with E-state index in [4.69, 9.17) is 0 Å². The molecular formula is C14H19FN2O. The molecule has 4 heteroatoms. The molecule has 1 fully saturated rings. The molecule has 0 aliphatic heterocycles. The maximum atomic E-state index is 13.1. The molecule has 1 atom stereocenters. The monoisotopic (exact) mass is 250 g/mol. The van der Waals surface area contributed by atoms with Crippen molar-refractivity contribution in [2.24, 2.45) is 0 Å². The van der Waals surface area contributed by atoms with Gasteiger partial charge in [-0.3, -0.25) is 4.79 Å². The van der Waals surface area contributed by atoms with Crippen LogP contribution in [0.2, 0.25) is 0 Å². The lowest BCUT2D eigenvalue weighted by atomic mass is 10.1. The number of amides is 1. The smallest absolute Gasteiger partial charge is 0.237 e. The zero-order valence-corrected chi connectivity index (χ0v) is 10.8. The zero-order chi connectivity index (χ0) is 13.1. The Bertz CT molecular complexity index is 443. The lowest BCUT2D eigenvalue weighted by Crippen LogP contribution is -2.42. The van der Waals surface area contributed by atoms with Crippen molar-refractivity contribution in [2.75, 3.05) is 0 Å². The van der Waals surface area contributed by atoms with Crippen LogP contribution in [-0.2, 0) is 11.3 Å². The van der Waals surface area contributed by atoms with Crippen molar-refractivity contribution in [1.29, 1.82) is 0 Å². The van der Waals surface area contributed by atoms with Crippen molar-refractivity contribution < 1.29 is 9.18 Å². The van der Waals surface area contributed by atoms with Crippen molar-refractivity contribution in [3.8, 4) is 0 Å². The van der Waals surface area contributed by atoms with Gasteiger partial charge in [0.2, 0.25) is 5.91 Å². The van der Waals surface area contributed by atoms with Gasteiger partial charge < -0.3 is 10.6 Å². The van der Waals surface area contributed by atoms with Crippen molar-refractivity contribution in [1.82, 2.24) is 10.6 Å². The van der Waals surface area contributed by atoms with Gasteiger partial charge in [0, 0.05) is 12.6 Å². The fourth-order valence-electron chi connectivity index (χ4n) is 1.74. The lowest BCUT2D eigenvalue weighted by Gasteiger charge is -2.14. The van der Waals surface area contributed by atoms with Gasteiger partial charge >= 0.3 is 0 Å². The van der Waals surface area contributed by atoms with Gasteiger partial charge in [-0.2, -0.15) is 0 Å². The third kappa shape index (κ3) is 3.53. The third-order valence-electron chi connectivity index (χ3n) is 3.23. The van der Waals surface area contributed by atoms with Crippen LogP contribution in [0, 0.1) is 12.7 Å². The zero-order valence-electron chi connectivity index (χ0n) is 10.8. The Morgan fingerprint density at radius 3 is 2.89 bits per heavy atom. The summed E-state index contributed by atoms with van der Waals surface area (Å²) in [5.41, 5.74) is 1.92. The number of hydrogen-bond donors (Lipinski definition) is 2. The van der Waals surface area contributed by atoms with Crippen LogP contribution in [0.5, 0.6) is 0 Å². The number of halogens is 1. The van der Waals surface area contributed by atoms with E-state index in [0.29, 0.717) is 12.6 Å². The highest BCUT2D eigenvalue weighted by atomic mass is 19.1. The van der Waals surface area contributed by atoms with Crippen LogP contribution in [0.25, 0.3) is 0 Å². The van der Waals surface area contributed by atoms with Crippen LogP contribution in [0.3, 0.4) is 0 Å². The summed E-state index contributed by atoms with van der Waals surface area (Å²) in [7, 11) is 0. The number of benzene rings is 1. The molecule has 0 heterocycles. The van der Waals surface area contributed by atoms with E-state index in [9.17, 15) is 9.18 Å². The van der Waals surface area contributed by atoms with Crippen molar-refractivity contribution in [2.45, 2.75) is 45.3 Å². The second kappa shape index (κ2) is 5.48. The standard InChI is InChI=1S/C14H19FN2O/c1-9-3-4-12(15)7-11(9)8-16-10(2)14(18)17-13-5-6-13/h3-4,7,10,13,16H,5-6,8H2,1-2H3,(H,17,18). The van der Waals surface area contributed by atoms with Crippen LogP contribution in [0.4, 0.5) is 4.39 Å². The molecule has 2 rings (SSSR count). The first-order valence-corrected chi connectivity index (χ1v) is 6.35. The molecule has 0 bridgehead atoms. The predicted octanol–water partition coefficient (Wildman–Crippen LogP) is 1.89. The number of carbonyl (C=O) groups is 1. The lowest BCUT2D eigenvalue weighted by molar-refractivity contribution is -0.122. The van der Waals surface area contributed by atoms with Gasteiger partial charge in [-0.05, 0) is 49.9 Å². The molecule has 3 nitrogen and oxygen atoms in total. The minimum absolute atomic E-state index is 0.0200. The maximum absolute atomic E-state index is 13.1. The first-order valence-electron chi connectivity index (χ1n) is 6.35. The summed E-state index contributed by atoms with van der Waals surface area (Å²) in [4.78, 5) is 11.7. The van der Waals surface area contributed by atoms with Crippen molar-refractivity contribution >= 4 is 5.91 Å². The van der Waals surface area contributed by atoms with Gasteiger partial charge in [0.05, 0.1) is 6.04 Å². The Balaban J connectivity index is 1.85. The molecule has 0 aromatic heterocycles. The number of aryl methyl sites for hydroxylation is 1. The molecular weight excluding hydrogens is 231 g/mol. The molecule has 18 heavy (non-hydrogen) atoms. The summed E-state index contributed by atoms with van der Waals surface area (Å²) in [5, 5.41) is 6.06. The molecule has 1 unspecified atom stereocenters. The largest absolute Gasteiger partial charge is 0.352 e. The molecule has 1 amide bonds. The normalized spacial score (nSPS) is 16.4. The first-order chi connectivity index (χ1) is 8.56. The minimum atomic E-state index is -0.256. The van der Waals surface area contributed by atoms with E-state index in [2.05, 4.69) is 10.6 Å². The molecule has 1 aliphatic rings. The number of rotatable bonds is 5. The fourth-order valence-corrected chi connectivity index (χ4v) is 1.74. The molecule has 1 saturated carbocycles. The van der Waals surface area contributed by atoms with Gasteiger partial charge in [0.25, 0.3) is 0 Å². The average Bonchev–Trinajstić information content (AvgIpc) is 3.13. The van der Waals surface area contributed by atoms with Crippen LogP contribution in [0.15, 0.2) is 18.2 Å². The van der Waals surface area contributed by atoms with E-state index in [0.717, 1.165) is 24.0 Å². The van der Waals surface area contributed by atoms with E-state index in [-0.39, 0.29) is 17.8 Å². The van der Waals surface area contributed by atoms with E-state index in [1.807, 2.05) is 13.8 Å². The molecule has 98 valence electrons. The van der Waals surface area contributed by atoms with Gasteiger partial charge in [0.1, 0.15) is 5.82 Å². The fraction of sp³-hybridized carbons (Fsp3) is 0.500. The summed E-state index contributed by atoms with van der Waals surface area (Å²) in [6, 6.07) is 4.82. The summed E-state index contributed by atoms with van der Waals surface area (Å²) in [5.74, 6) is -0.223. The molecule has 1 aliphatic carbocycles. The van der Waals surface area contributed by atoms with Crippen molar-refractivity contribution in [3.63, 3.8) is 0 Å². The summed E-state index contributed by atoms with van der Waals surface area (Å²) in [6.07, 6.45) is 2.17. The molecule has 0 radical (unpaired) electrons. The number of hydrogen-bond acceptors (Lipinski definition) is 2. The van der Waals surface area contributed by atoms with Gasteiger partial charge in [-0.15, -0.1) is 0 Å². The van der Waals surface area contributed by atoms with Crippen LogP contribution >= 0.6 is 0 Å². The van der Waals surface area contributed by atoms with E-state index >= 15 is 0 Å². The first kappa shape index (κ1) is 13.0. The summed E-state index contributed by atoms with van der Waals surface area (Å²) in [6.45, 7) is 4.26. The third-order valence-corrected chi connectivity index (χ3v) is 3.23. The SMILES string of the molecule is Cc1ccc(F)cc1CNC(C)C(=O)NC1CC1. The number of nitrogens with one attached hydrogen (secondary N) is 2. The Hall–Kier alpha value is -1.42. The topological polar surface area (TPSA) is 41.1 Å². The van der Waals surface area contributed by atoms with Crippen LogP contribution in [0.1, 0.15) is 30.9 Å². The minimum Gasteiger partial charge on any atom is -0.352 e. The predicted molar refractivity (Wildman–Crippen MR) is 68.6 cm³/mol.